The van der Waals surface area contributed by atoms with Gasteiger partial charge in [-0.2, -0.15) is 0 Å². The third-order valence-corrected chi connectivity index (χ3v) is 1.93. The second-order valence-electron chi connectivity index (χ2n) is 3.00. The topological polar surface area (TPSA) is 12.0 Å². The molecule has 1 unspecified atom stereocenters. The summed E-state index contributed by atoms with van der Waals surface area (Å²) in [5.41, 5.74) is 0. The lowest BCUT2D eigenvalue weighted by Gasteiger charge is -2.10. The Morgan fingerprint density at radius 3 is 2.80 bits per heavy atom. The average molecular weight is 149 g/mol. The van der Waals surface area contributed by atoms with Gasteiger partial charge in [-0.15, -0.1) is 0 Å². The molecule has 1 aliphatic heterocycles. The molecule has 10 heavy (non-hydrogen) atoms. The van der Waals surface area contributed by atoms with E-state index in [9.17, 15) is 8.78 Å². The van der Waals surface area contributed by atoms with Crippen LogP contribution in [0.1, 0.15) is 26.2 Å². The molecular formula is C7H13F2N. The highest BCUT2D eigenvalue weighted by Crippen LogP contribution is 2.26. The molecule has 0 aromatic carbocycles. The van der Waals surface area contributed by atoms with Crippen molar-refractivity contribution in [2.24, 2.45) is 0 Å². The van der Waals surface area contributed by atoms with Gasteiger partial charge in [0.1, 0.15) is 0 Å². The molecule has 3 heteroatoms. The lowest BCUT2D eigenvalue weighted by Crippen LogP contribution is -2.24. The first-order valence-electron chi connectivity index (χ1n) is 3.71. The molecule has 0 aromatic rings. The summed E-state index contributed by atoms with van der Waals surface area (Å²) >= 11 is 0. The van der Waals surface area contributed by atoms with Gasteiger partial charge in [0.2, 0.25) is 5.92 Å². The van der Waals surface area contributed by atoms with E-state index in [1.807, 2.05) is 6.92 Å². The van der Waals surface area contributed by atoms with Gasteiger partial charge in [0.25, 0.3) is 0 Å². The number of hydrogen-bond acceptors (Lipinski definition) is 1. The largest absolute Gasteiger partial charge is 0.314 e. The summed E-state index contributed by atoms with van der Waals surface area (Å²) in [5, 5.41) is 3.02. The molecule has 0 amide bonds. The van der Waals surface area contributed by atoms with Crippen molar-refractivity contribution in [1.82, 2.24) is 5.32 Å². The Hall–Kier alpha value is -0.180. The fourth-order valence-corrected chi connectivity index (χ4v) is 1.16. The van der Waals surface area contributed by atoms with Gasteiger partial charge in [0.05, 0.1) is 0 Å². The number of rotatable bonds is 0. The molecular weight excluding hydrogens is 136 g/mol. The van der Waals surface area contributed by atoms with E-state index in [1.54, 1.807) is 0 Å². The smallest absolute Gasteiger partial charge is 0.249 e. The van der Waals surface area contributed by atoms with E-state index in [1.165, 1.54) is 0 Å². The van der Waals surface area contributed by atoms with Gasteiger partial charge in [-0.1, -0.05) is 0 Å². The Kier molecular flexibility index (Phi) is 2.24. The zero-order valence-corrected chi connectivity index (χ0v) is 6.16. The molecule has 60 valence electrons. The van der Waals surface area contributed by atoms with Gasteiger partial charge in [0.15, 0.2) is 0 Å². The quantitative estimate of drug-likeness (QED) is 0.553. The minimum atomic E-state index is -2.42. The Balaban J connectivity index is 2.41. The van der Waals surface area contributed by atoms with E-state index in [-0.39, 0.29) is 18.9 Å². The fourth-order valence-electron chi connectivity index (χ4n) is 1.16. The summed E-state index contributed by atoms with van der Waals surface area (Å²) in [5.74, 6) is -2.42. The summed E-state index contributed by atoms with van der Waals surface area (Å²) in [6.07, 6.45) is 0.630. The van der Waals surface area contributed by atoms with E-state index in [0.29, 0.717) is 13.0 Å². The number of hydrogen-bond donors (Lipinski definition) is 1. The third kappa shape index (κ3) is 2.21. The van der Waals surface area contributed by atoms with Crippen molar-refractivity contribution < 1.29 is 8.78 Å². The van der Waals surface area contributed by atoms with Crippen LogP contribution in [0.25, 0.3) is 0 Å². The molecule has 0 saturated carbocycles. The van der Waals surface area contributed by atoms with Crippen molar-refractivity contribution >= 4 is 0 Å². The normalized spacial score (nSPS) is 33.3. The number of halogens is 2. The maximum absolute atomic E-state index is 12.6. The summed E-state index contributed by atoms with van der Waals surface area (Å²) in [6.45, 7) is 2.40. The van der Waals surface area contributed by atoms with Crippen LogP contribution in [0.15, 0.2) is 0 Å². The van der Waals surface area contributed by atoms with Crippen LogP contribution in [0.2, 0.25) is 0 Å². The van der Waals surface area contributed by atoms with Crippen molar-refractivity contribution in [3.8, 4) is 0 Å². The van der Waals surface area contributed by atoms with Gasteiger partial charge < -0.3 is 5.32 Å². The first kappa shape index (κ1) is 7.92. The highest BCUT2D eigenvalue weighted by atomic mass is 19.3. The van der Waals surface area contributed by atoms with E-state index < -0.39 is 5.92 Å². The minimum Gasteiger partial charge on any atom is -0.314 e. The van der Waals surface area contributed by atoms with Crippen molar-refractivity contribution in [3.05, 3.63) is 0 Å². The lowest BCUT2D eigenvalue weighted by molar-refractivity contribution is -0.0111. The number of alkyl halides is 2. The predicted octanol–water partition coefficient (Wildman–Crippen LogP) is 1.78. The molecule has 1 N–H and O–H groups in total. The molecule has 1 nitrogen and oxygen atoms in total. The van der Waals surface area contributed by atoms with Crippen LogP contribution in [0, 0.1) is 0 Å². The summed E-state index contributed by atoms with van der Waals surface area (Å²) in [4.78, 5) is 0. The van der Waals surface area contributed by atoms with Crippen LogP contribution in [-0.2, 0) is 0 Å². The first-order valence-corrected chi connectivity index (χ1v) is 3.71. The zero-order chi connectivity index (χ0) is 7.61. The molecule has 1 aliphatic rings. The van der Waals surface area contributed by atoms with E-state index >= 15 is 0 Å². The van der Waals surface area contributed by atoms with Crippen molar-refractivity contribution in [2.75, 3.05) is 6.54 Å². The molecule has 0 aromatic heterocycles. The molecule has 1 rings (SSSR count). The summed E-state index contributed by atoms with van der Waals surface area (Å²) in [7, 11) is 0. The third-order valence-electron chi connectivity index (χ3n) is 1.93. The average Bonchev–Trinajstić information content (AvgIpc) is 1.94. The molecule has 0 bridgehead atoms. The molecule has 1 atom stereocenters. The first-order chi connectivity index (χ1) is 4.60. The Morgan fingerprint density at radius 2 is 2.10 bits per heavy atom. The summed E-state index contributed by atoms with van der Waals surface area (Å²) in [6, 6.07) is 0.258. The monoisotopic (exact) mass is 149 g/mol. The zero-order valence-electron chi connectivity index (χ0n) is 6.16. The molecule has 1 fully saturated rings. The second-order valence-corrected chi connectivity index (χ2v) is 3.00. The van der Waals surface area contributed by atoms with Gasteiger partial charge >= 0.3 is 0 Å². The molecule has 1 heterocycles. The van der Waals surface area contributed by atoms with Crippen molar-refractivity contribution in [1.29, 1.82) is 0 Å². The minimum absolute atomic E-state index is 0.00264. The Labute approximate surface area is 59.8 Å². The highest BCUT2D eigenvalue weighted by Gasteiger charge is 2.30. The number of nitrogens with one attached hydrogen (secondary N) is 1. The van der Waals surface area contributed by atoms with Crippen LogP contribution >= 0.6 is 0 Å². The molecule has 1 saturated heterocycles. The van der Waals surface area contributed by atoms with Crippen molar-refractivity contribution in [2.45, 2.75) is 38.2 Å². The van der Waals surface area contributed by atoms with Gasteiger partial charge in [-0.25, -0.2) is 8.78 Å². The van der Waals surface area contributed by atoms with Crippen molar-refractivity contribution in [3.63, 3.8) is 0 Å². The Bertz CT molecular complexity index is 114. The van der Waals surface area contributed by atoms with Crippen LogP contribution in [0.3, 0.4) is 0 Å². The van der Waals surface area contributed by atoms with Gasteiger partial charge in [0, 0.05) is 25.4 Å². The van der Waals surface area contributed by atoms with Crippen LogP contribution in [0.4, 0.5) is 8.78 Å². The highest BCUT2D eigenvalue weighted by molar-refractivity contribution is 4.76. The summed E-state index contributed by atoms with van der Waals surface area (Å²) < 4.78 is 25.2. The van der Waals surface area contributed by atoms with E-state index in [4.69, 9.17) is 0 Å². The maximum atomic E-state index is 12.6. The van der Waals surface area contributed by atoms with Gasteiger partial charge in [-0.3, -0.25) is 0 Å². The second kappa shape index (κ2) is 2.82. The van der Waals surface area contributed by atoms with Crippen LogP contribution in [-0.4, -0.2) is 18.5 Å². The SMILES string of the molecule is CC1CCC(F)(F)CCN1. The fraction of sp³-hybridized carbons (Fsp3) is 1.00. The molecule has 0 radical (unpaired) electrons. The maximum Gasteiger partial charge on any atom is 0.249 e. The van der Waals surface area contributed by atoms with Crippen LogP contribution in [0.5, 0.6) is 0 Å². The standard InChI is InChI=1S/C7H13F2N/c1-6-2-3-7(8,9)4-5-10-6/h6,10H,2-5H2,1H3. The van der Waals surface area contributed by atoms with Crippen LogP contribution < -0.4 is 5.32 Å². The van der Waals surface area contributed by atoms with E-state index in [0.717, 1.165) is 0 Å². The molecule has 0 aliphatic carbocycles. The predicted molar refractivity (Wildman–Crippen MR) is 36.3 cm³/mol. The Morgan fingerprint density at radius 1 is 1.40 bits per heavy atom. The molecule has 0 spiro atoms. The van der Waals surface area contributed by atoms with Gasteiger partial charge in [-0.05, 0) is 13.3 Å². The van der Waals surface area contributed by atoms with E-state index in [2.05, 4.69) is 5.32 Å². The lowest BCUT2D eigenvalue weighted by atomic mass is 10.1.